The van der Waals surface area contributed by atoms with Crippen molar-refractivity contribution in [2.75, 3.05) is 6.61 Å². The fourth-order valence-electron chi connectivity index (χ4n) is 3.47. The lowest BCUT2D eigenvalue weighted by Crippen LogP contribution is -2.36. The summed E-state index contributed by atoms with van der Waals surface area (Å²) in [6, 6.07) is 0. The van der Waals surface area contributed by atoms with Crippen LogP contribution in [0.25, 0.3) is 0 Å². The molecule has 2 unspecified atom stereocenters. The molecule has 0 aromatic rings. The first-order valence-corrected chi connectivity index (χ1v) is 10.0. The van der Waals surface area contributed by atoms with E-state index in [9.17, 15) is 24.6 Å². The number of hydrogen-bond donors (Lipinski definition) is 2. The molecule has 1 saturated heterocycles. The van der Waals surface area contributed by atoms with Crippen LogP contribution < -0.4 is 0 Å². The zero-order valence-corrected chi connectivity index (χ0v) is 17.8. The molecule has 8 heteroatoms. The van der Waals surface area contributed by atoms with Crippen LogP contribution in [-0.4, -0.2) is 59.1 Å². The SMILES string of the molecule is C=C1C(=O)O[C@@H]2/C=C(/CO)C(OC(C)=O)C[C@H](O)/C(C)=C\C(OC(=O)[C@@H](C)CC)[C@@H]12. The van der Waals surface area contributed by atoms with Crippen molar-refractivity contribution in [2.45, 2.75) is 65.0 Å². The molecule has 0 amide bonds. The van der Waals surface area contributed by atoms with Gasteiger partial charge in [-0.25, -0.2) is 4.79 Å². The highest BCUT2D eigenvalue weighted by molar-refractivity contribution is 5.91. The summed E-state index contributed by atoms with van der Waals surface area (Å²) in [6.45, 7) is 9.80. The van der Waals surface area contributed by atoms with Gasteiger partial charge in [-0.3, -0.25) is 9.59 Å². The second-order valence-electron chi connectivity index (χ2n) is 7.79. The Balaban J connectivity index is 2.53. The number of esters is 3. The van der Waals surface area contributed by atoms with Crippen LogP contribution in [0.15, 0.2) is 35.5 Å². The standard InChI is InChI=1S/C22H30O8/c1-6-11(2)21(26)29-18-7-12(3)16(25)9-17(28-14(5)24)15(10-23)8-19-20(18)13(4)22(27)30-19/h7-8,11,16-20,23,25H,4,6,9-10H2,1-3,5H3/b12-7-,15-8-/t11-,16-,17?,18?,19+,20+/m0/s1. The van der Waals surface area contributed by atoms with Gasteiger partial charge in [0.1, 0.15) is 18.3 Å². The Hall–Kier alpha value is -2.45. The second kappa shape index (κ2) is 10.0. The van der Waals surface area contributed by atoms with Gasteiger partial charge in [0.2, 0.25) is 0 Å². The fourth-order valence-corrected chi connectivity index (χ4v) is 3.47. The van der Waals surface area contributed by atoms with Crippen molar-refractivity contribution in [1.29, 1.82) is 0 Å². The molecular formula is C22H30O8. The van der Waals surface area contributed by atoms with Gasteiger partial charge in [-0.2, -0.15) is 0 Å². The van der Waals surface area contributed by atoms with Gasteiger partial charge in [0.25, 0.3) is 0 Å². The van der Waals surface area contributed by atoms with Crippen molar-refractivity contribution in [1.82, 2.24) is 0 Å². The third kappa shape index (κ3) is 5.37. The van der Waals surface area contributed by atoms with E-state index in [1.165, 1.54) is 13.0 Å². The van der Waals surface area contributed by atoms with E-state index in [1.807, 2.05) is 6.92 Å². The third-order valence-corrected chi connectivity index (χ3v) is 5.56. The lowest BCUT2D eigenvalue weighted by Gasteiger charge is -2.29. The number of rotatable bonds is 5. The molecule has 1 aliphatic carbocycles. The van der Waals surface area contributed by atoms with Gasteiger partial charge in [-0.1, -0.05) is 20.4 Å². The van der Waals surface area contributed by atoms with E-state index in [-0.39, 0.29) is 23.5 Å². The average molecular weight is 422 g/mol. The van der Waals surface area contributed by atoms with Crippen LogP contribution in [0.2, 0.25) is 0 Å². The van der Waals surface area contributed by atoms with Crippen molar-refractivity contribution < 1.29 is 38.8 Å². The van der Waals surface area contributed by atoms with E-state index >= 15 is 0 Å². The first-order valence-electron chi connectivity index (χ1n) is 10.0. The Kier molecular flexibility index (Phi) is 7.97. The van der Waals surface area contributed by atoms with E-state index in [0.29, 0.717) is 12.0 Å². The van der Waals surface area contributed by atoms with E-state index in [0.717, 1.165) is 0 Å². The smallest absolute Gasteiger partial charge is 0.334 e. The summed E-state index contributed by atoms with van der Waals surface area (Å²) in [5.41, 5.74) is 0.876. The number of aliphatic hydroxyl groups excluding tert-OH is 2. The number of ether oxygens (including phenoxy) is 3. The lowest BCUT2D eigenvalue weighted by atomic mass is 9.85. The number of hydrogen-bond acceptors (Lipinski definition) is 8. The van der Waals surface area contributed by atoms with Crippen LogP contribution in [0.1, 0.15) is 40.5 Å². The number of aliphatic hydroxyl groups is 2. The summed E-state index contributed by atoms with van der Waals surface area (Å²) in [4.78, 5) is 36.2. The molecule has 6 atom stereocenters. The van der Waals surface area contributed by atoms with Gasteiger partial charge in [0.15, 0.2) is 0 Å². The van der Waals surface area contributed by atoms with Crippen LogP contribution >= 0.6 is 0 Å². The first-order chi connectivity index (χ1) is 14.1. The Morgan fingerprint density at radius 3 is 2.57 bits per heavy atom. The normalized spacial score (nSPS) is 33.9. The van der Waals surface area contributed by atoms with Crippen molar-refractivity contribution in [3.8, 4) is 0 Å². The van der Waals surface area contributed by atoms with Crippen molar-refractivity contribution in [3.05, 3.63) is 35.5 Å². The maximum Gasteiger partial charge on any atom is 0.334 e. The Morgan fingerprint density at radius 2 is 2.00 bits per heavy atom. The molecule has 166 valence electrons. The van der Waals surface area contributed by atoms with E-state index < -0.39 is 54.8 Å². The molecule has 2 N–H and O–H groups in total. The van der Waals surface area contributed by atoms with Gasteiger partial charge in [-0.05, 0) is 36.6 Å². The summed E-state index contributed by atoms with van der Waals surface area (Å²) in [6.07, 6.45) is -0.0639. The molecular weight excluding hydrogens is 392 g/mol. The zero-order valence-electron chi connectivity index (χ0n) is 17.8. The Bertz CT molecular complexity index is 765. The monoisotopic (exact) mass is 422 g/mol. The van der Waals surface area contributed by atoms with Crippen LogP contribution in [0.5, 0.6) is 0 Å². The van der Waals surface area contributed by atoms with Gasteiger partial charge in [0, 0.05) is 18.9 Å². The minimum atomic E-state index is -1.03. The van der Waals surface area contributed by atoms with E-state index in [1.54, 1.807) is 19.9 Å². The van der Waals surface area contributed by atoms with Gasteiger partial charge in [-0.15, -0.1) is 0 Å². The minimum Gasteiger partial charge on any atom is -0.458 e. The zero-order chi connectivity index (χ0) is 22.6. The van der Waals surface area contributed by atoms with Gasteiger partial charge in [0.05, 0.1) is 24.5 Å². The summed E-state index contributed by atoms with van der Waals surface area (Å²) in [5.74, 6) is -2.74. The maximum absolute atomic E-state index is 12.5. The highest BCUT2D eigenvalue weighted by Crippen LogP contribution is 2.36. The predicted octanol–water partition coefficient (Wildman–Crippen LogP) is 1.60. The summed E-state index contributed by atoms with van der Waals surface area (Å²) in [5, 5.41) is 20.5. The Labute approximate surface area is 176 Å². The third-order valence-electron chi connectivity index (χ3n) is 5.56. The molecule has 8 nitrogen and oxygen atoms in total. The maximum atomic E-state index is 12.5. The van der Waals surface area contributed by atoms with Crippen molar-refractivity contribution in [2.24, 2.45) is 11.8 Å². The van der Waals surface area contributed by atoms with Crippen LogP contribution in [0.3, 0.4) is 0 Å². The second-order valence-corrected chi connectivity index (χ2v) is 7.79. The lowest BCUT2D eigenvalue weighted by molar-refractivity contribution is -0.154. The largest absolute Gasteiger partial charge is 0.458 e. The van der Waals surface area contributed by atoms with E-state index in [4.69, 9.17) is 14.2 Å². The quantitative estimate of drug-likeness (QED) is 0.297. The fraction of sp³-hybridized carbons (Fsp3) is 0.591. The molecule has 0 spiro atoms. The van der Waals surface area contributed by atoms with Crippen molar-refractivity contribution in [3.63, 3.8) is 0 Å². The summed E-state index contributed by atoms with van der Waals surface area (Å²) >= 11 is 0. The number of carbonyl (C=O) groups is 3. The molecule has 0 radical (unpaired) electrons. The molecule has 30 heavy (non-hydrogen) atoms. The summed E-state index contributed by atoms with van der Waals surface area (Å²) in [7, 11) is 0. The molecule has 2 aliphatic rings. The van der Waals surface area contributed by atoms with E-state index in [2.05, 4.69) is 6.58 Å². The van der Waals surface area contributed by atoms with Crippen molar-refractivity contribution >= 4 is 17.9 Å². The molecule has 0 aromatic heterocycles. The molecule has 0 bridgehead atoms. The van der Waals surface area contributed by atoms with Gasteiger partial charge < -0.3 is 24.4 Å². The van der Waals surface area contributed by atoms with Crippen LogP contribution in [0.4, 0.5) is 0 Å². The minimum absolute atomic E-state index is 0.00733. The number of fused-ring (bicyclic) bond motifs is 1. The Morgan fingerprint density at radius 1 is 1.33 bits per heavy atom. The van der Waals surface area contributed by atoms with Crippen LogP contribution in [-0.2, 0) is 28.6 Å². The highest BCUT2D eigenvalue weighted by Gasteiger charge is 2.45. The molecule has 1 aliphatic heterocycles. The number of carbonyl (C=O) groups excluding carboxylic acids is 3. The molecule has 0 saturated carbocycles. The first kappa shape index (κ1) is 23.8. The van der Waals surface area contributed by atoms with Gasteiger partial charge >= 0.3 is 17.9 Å². The highest BCUT2D eigenvalue weighted by atomic mass is 16.6. The average Bonchev–Trinajstić information content (AvgIpc) is 2.96. The van der Waals surface area contributed by atoms with Crippen LogP contribution in [0, 0.1) is 11.8 Å². The predicted molar refractivity (Wildman–Crippen MR) is 107 cm³/mol. The molecule has 0 aromatic carbocycles. The summed E-state index contributed by atoms with van der Waals surface area (Å²) < 4.78 is 16.4. The molecule has 2 rings (SSSR count). The topological polar surface area (TPSA) is 119 Å². The molecule has 1 heterocycles. The molecule has 1 fully saturated rings.